The molecule has 1 aliphatic carbocycles. The number of carbonyl (C=O) groups excluding carboxylic acids is 1. The Balaban J connectivity index is 2.22. The number of alkyl halides is 2. The molecule has 2 unspecified atom stereocenters. The Hall–Kier alpha value is -2.83. The predicted octanol–water partition coefficient (Wildman–Crippen LogP) is 2.33. The van der Waals surface area contributed by atoms with Crippen LogP contribution in [0.5, 0.6) is 0 Å². The van der Waals surface area contributed by atoms with Crippen LogP contribution >= 0.6 is 0 Å². The Morgan fingerprint density at radius 2 is 2.13 bits per heavy atom. The molecule has 1 N–H and O–H groups in total. The summed E-state index contributed by atoms with van der Waals surface area (Å²) >= 11 is 0. The first-order chi connectivity index (χ1) is 10.9. The average molecular weight is 318 g/mol. The van der Waals surface area contributed by atoms with Gasteiger partial charge >= 0.3 is 5.97 Å². The lowest BCUT2D eigenvalue weighted by atomic mass is 9.83. The molecule has 0 spiro atoms. The number of pyridine rings is 1. The Bertz CT molecular complexity index is 784. The number of aliphatic carboxylic acids is 1. The maximum atomic E-state index is 14.3. The molecular weight excluding hydrogens is 306 g/mol. The Labute approximate surface area is 130 Å². The van der Waals surface area contributed by atoms with Crippen molar-refractivity contribution in [3.63, 3.8) is 0 Å². The highest BCUT2D eigenvalue weighted by Gasteiger charge is 2.41. The molecular formula is C16H12F2N2O3. The van der Waals surface area contributed by atoms with Gasteiger partial charge < -0.3 is 10.0 Å². The first-order valence-corrected chi connectivity index (χ1v) is 6.81. The third kappa shape index (κ3) is 2.34. The zero-order chi connectivity index (χ0) is 16.7. The van der Waals surface area contributed by atoms with Gasteiger partial charge in [-0.25, -0.2) is 13.6 Å². The van der Waals surface area contributed by atoms with E-state index in [1.807, 2.05) is 0 Å². The second-order valence-corrected chi connectivity index (χ2v) is 5.18. The molecule has 0 bridgehead atoms. The van der Waals surface area contributed by atoms with Crippen molar-refractivity contribution in [2.45, 2.75) is 19.3 Å². The van der Waals surface area contributed by atoms with Gasteiger partial charge in [-0.05, 0) is 30.7 Å². The topological polar surface area (TPSA) is 70.5 Å². The van der Waals surface area contributed by atoms with E-state index >= 15 is 0 Å². The fourth-order valence-corrected chi connectivity index (χ4v) is 2.70. The first-order valence-electron chi connectivity index (χ1n) is 6.81. The molecule has 0 saturated heterocycles. The van der Waals surface area contributed by atoms with Gasteiger partial charge in [0.05, 0.1) is 17.5 Å². The summed E-state index contributed by atoms with van der Waals surface area (Å²) in [5, 5.41) is 9.45. The molecule has 2 atom stereocenters. The van der Waals surface area contributed by atoms with Crippen molar-refractivity contribution in [2.75, 3.05) is 4.90 Å². The van der Waals surface area contributed by atoms with Crippen LogP contribution in [0.1, 0.15) is 6.92 Å². The van der Waals surface area contributed by atoms with Gasteiger partial charge in [0.2, 0.25) is 5.78 Å². The smallest absolute Gasteiger partial charge is 0.338 e. The minimum absolute atomic E-state index is 0.0882. The molecule has 7 heteroatoms. The number of nitrogens with zero attached hydrogens (tertiary/aromatic N) is 2. The van der Waals surface area contributed by atoms with Gasteiger partial charge in [-0.3, -0.25) is 9.78 Å². The van der Waals surface area contributed by atoms with Gasteiger partial charge in [-0.15, -0.1) is 0 Å². The van der Waals surface area contributed by atoms with Crippen molar-refractivity contribution in [1.29, 1.82) is 0 Å². The van der Waals surface area contributed by atoms with E-state index < -0.39 is 24.1 Å². The summed E-state index contributed by atoms with van der Waals surface area (Å²) in [5.74, 6) is -2.54. The zero-order valence-corrected chi connectivity index (χ0v) is 12.0. The van der Waals surface area contributed by atoms with E-state index in [2.05, 4.69) is 4.98 Å². The Morgan fingerprint density at radius 1 is 1.39 bits per heavy atom. The summed E-state index contributed by atoms with van der Waals surface area (Å²) in [5.41, 5.74) is 0.321. The number of allylic oxidation sites excluding steroid dienone is 3. The fourth-order valence-electron chi connectivity index (χ4n) is 2.70. The third-order valence-corrected chi connectivity index (χ3v) is 3.82. The lowest BCUT2D eigenvalue weighted by Crippen LogP contribution is -2.37. The van der Waals surface area contributed by atoms with Crippen molar-refractivity contribution in [1.82, 2.24) is 4.98 Å². The number of ketones is 1. The molecule has 0 amide bonds. The number of hydrogen-bond donors (Lipinski definition) is 1. The van der Waals surface area contributed by atoms with Crippen LogP contribution in [0, 0.1) is 0 Å². The number of hydrogen-bond acceptors (Lipinski definition) is 4. The summed E-state index contributed by atoms with van der Waals surface area (Å²) in [6, 6.07) is 3.31. The molecule has 0 saturated carbocycles. The van der Waals surface area contributed by atoms with Crippen molar-refractivity contribution < 1.29 is 23.5 Å². The summed E-state index contributed by atoms with van der Waals surface area (Å²) in [7, 11) is 0. The molecule has 1 aliphatic heterocycles. The summed E-state index contributed by atoms with van der Waals surface area (Å²) in [4.78, 5) is 28.5. The lowest BCUT2D eigenvalue weighted by Gasteiger charge is -2.33. The van der Waals surface area contributed by atoms with E-state index in [4.69, 9.17) is 0 Å². The van der Waals surface area contributed by atoms with Crippen LogP contribution in [0.15, 0.2) is 59.2 Å². The Kier molecular flexibility index (Phi) is 3.55. The van der Waals surface area contributed by atoms with E-state index in [-0.39, 0.29) is 22.4 Å². The fraction of sp³-hybridized carbons (Fsp3) is 0.188. The maximum Gasteiger partial charge on any atom is 0.338 e. The summed E-state index contributed by atoms with van der Waals surface area (Å²) < 4.78 is 27.9. The standard InChI is InChI=1S/C16H12F2N2O3/c1-8-13(16(22)23)10-5-12(17)15(21)14(18)11(10)7-20(8)9-3-2-4-19-6-9/h2-7,12,14H,1H3,(H,22,23). The van der Waals surface area contributed by atoms with Crippen LogP contribution < -0.4 is 4.90 Å². The van der Waals surface area contributed by atoms with Gasteiger partial charge in [0.15, 0.2) is 12.3 Å². The highest BCUT2D eigenvalue weighted by molar-refractivity contribution is 6.02. The number of fused-ring (bicyclic) bond motifs is 1. The average Bonchev–Trinajstić information content (AvgIpc) is 2.53. The maximum absolute atomic E-state index is 14.3. The molecule has 118 valence electrons. The van der Waals surface area contributed by atoms with Gasteiger partial charge in [-0.1, -0.05) is 0 Å². The molecule has 2 heterocycles. The highest BCUT2D eigenvalue weighted by Crippen LogP contribution is 2.39. The van der Waals surface area contributed by atoms with Crippen LogP contribution in [0.2, 0.25) is 0 Å². The SMILES string of the molecule is CC1=C(C(=O)O)C2=CC(F)C(=O)C(F)C2=CN1c1cccnc1. The normalized spacial score (nSPS) is 24.1. The second-order valence-electron chi connectivity index (χ2n) is 5.18. The van der Waals surface area contributed by atoms with E-state index in [0.29, 0.717) is 5.69 Å². The van der Waals surface area contributed by atoms with Crippen LogP contribution in [0.25, 0.3) is 0 Å². The molecule has 0 aromatic carbocycles. The number of Topliss-reactive ketones (excluding diaryl/α,β-unsaturated/α-hetero) is 1. The van der Waals surface area contributed by atoms with Crippen LogP contribution in [0.4, 0.5) is 14.5 Å². The summed E-state index contributed by atoms with van der Waals surface area (Å²) in [6.45, 7) is 1.53. The monoisotopic (exact) mass is 318 g/mol. The highest BCUT2D eigenvalue weighted by atomic mass is 19.1. The number of aromatic nitrogens is 1. The third-order valence-electron chi connectivity index (χ3n) is 3.82. The van der Waals surface area contributed by atoms with Crippen LogP contribution in [0.3, 0.4) is 0 Å². The van der Waals surface area contributed by atoms with Crippen molar-refractivity contribution >= 4 is 17.4 Å². The van der Waals surface area contributed by atoms with Crippen LogP contribution in [-0.4, -0.2) is 34.2 Å². The van der Waals surface area contributed by atoms with Crippen molar-refractivity contribution in [3.8, 4) is 0 Å². The minimum Gasteiger partial charge on any atom is -0.478 e. The molecule has 1 aromatic heterocycles. The second kappa shape index (κ2) is 5.42. The molecule has 3 rings (SSSR count). The molecule has 5 nitrogen and oxygen atoms in total. The Morgan fingerprint density at radius 3 is 2.74 bits per heavy atom. The molecule has 1 aromatic rings. The van der Waals surface area contributed by atoms with E-state index in [1.165, 1.54) is 24.2 Å². The van der Waals surface area contributed by atoms with Gasteiger partial charge in [-0.2, -0.15) is 0 Å². The molecule has 0 fully saturated rings. The number of carboxylic acids is 1. The molecule has 0 radical (unpaired) electrons. The van der Waals surface area contributed by atoms with Gasteiger partial charge in [0, 0.05) is 23.7 Å². The minimum atomic E-state index is -2.20. The van der Waals surface area contributed by atoms with E-state index in [1.54, 1.807) is 18.3 Å². The number of carboxylic acid groups (broad SMARTS) is 1. The van der Waals surface area contributed by atoms with E-state index in [9.17, 15) is 23.5 Å². The summed E-state index contributed by atoms with van der Waals surface area (Å²) in [6.07, 6.45) is 0.844. The number of halogens is 2. The largest absolute Gasteiger partial charge is 0.478 e. The first kappa shape index (κ1) is 15.1. The molecule has 2 aliphatic rings. The van der Waals surface area contributed by atoms with Crippen LogP contribution in [-0.2, 0) is 9.59 Å². The number of rotatable bonds is 2. The lowest BCUT2D eigenvalue weighted by molar-refractivity contribution is -0.132. The number of carbonyl (C=O) groups is 2. The molecule has 23 heavy (non-hydrogen) atoms. The van der Waals surface area contributed by atoms with E-state index in [0.717, 1.165) is 6.08 Å². The predicted molar refractivity (Wildman–Crippen MR) is 78.0 cm³/mol. The zero-order valence-electron chi connectivity index (χ0n) is 12.0. The van der Waals surface area contributed by atoms with Gasteiger partial charge in [0.25, 0.3) is 0 Å². The van der Waals surface area contributed by atoms with Crippen molar-refractivity contribution in [3.05, 3.63) is 59.2 Å². The van der Waals surface area contributed by atoms with Gasteiger partial charge in [0.1, 0.15) is 0 Å². The van der Waals surface area contributed by atoms with Crippen molar-refractivity contribution in [2.24, 2.45) is 0 Å². The number of anilines is 1. The quantitative estimate of drug-likeness (QED) is 0.906.